The molecular weight excluding hydrogens is 397 g/mol. The molecule has 0 amide bonds. The number of sulfone groups is 1. The first-order valence-corrected chi connectivity index (χ1v) is 11.0. The molecule has 0 aliphatic rings. The molecule has 6 nitrogen and oxygen atoms in total. The zero-order chi connectivity index (χ0) is 21.3. The van der Waals surface area contributed by atoms with E-state index in [0.717, 1.165) is 6.26 Å². The Hall–Kier alpha value is -3.00. The first kappa shape index (κ1) is 20.7. The Labute approximate surface area is 167 Å². The summed E-state index contributed by atoms with van der Waals surface area (Å²) >= 11 is 0. The number of hydrogen-bond acceptors (Lipinski definition) is 5. The molecule has 0 saturated carbocycles. The molecule has 1 aromatic heterocycles. The quantitative estimate of drug-likeness (QED) is 0.485. The fourth-order valence-corrected chi connectivity index (χ4v) is 4.07. The average molecular weight is 417 g/mol. The van der Waals surface area contributed by atoms with Gasteiger partial charge in [-0.3, -0.25) is 4.79 Å². The van der Waals surface area contributed by atoms with Crippen LogP contribution in [0.1, 0.15) is 40.3 Å². The van der Waals surface area contributed by atoms with Crippen molar-refractivity contribution in [2.45, 2.75) is 19.6 Å². The van der Waals surface area contributed by atoms with Gasteiger partial charge in [0.05, 0.1) is 17.9 Å². The van der Waals surface area contributed by atoms with Crippen LogP contribution in [0.2, 0.25) is 0 Å². The van der Waals surface area contributed by atoms with Gasteiger partial charge in [0.15, 0.2) is 15.6 Å². The van der Waals surface area contributed by atoms with Crippen LogP contribution in [-0.2, 0) is 20.3 Å². The number of carbonyl (C=O) groups is 2. The number of esters is 1. The molecule has 29 heavy (non-hydrogen) atoms. The SMILES string of the molecule is CCOC(=O)c1[nH]c2c(C(C)=O)cccc2c1-c1ccc(CS(C)(=O)=O)c(F)c1. The van der Waals surface area contributed by atoms with Gasteiger partial charge >= 0.3 is 5.97 Å². The number of fused-ring (bicyclic) bond motifs is 1. The second kappa shape index (κ2) is 7.79. The van der Waals surface area contributed by atoms with Crippen LogP contribution in [0.15, 0.2) is 36.4 Å². The minimum atomic E-state index is -3.40. The Bertz CT molecular complexity index is 1230. The summed E-state index contributed by atoms with van der Waals surface area (Å²) in [5.41, 5.74) is 1.76. The molecule has 0 saturated heterocycles. The van der Waals surface area contributed by atoms with E-state index in [1.807, 2.05) is 0 Å². The molecule has 0 unspecified atom stereocenters. The molecule has 0 aliphatic carbocycles. The lowest BCUT2D eigenvalue weighted by atomic mass is 9.98. The number of para-hydroxylation sites is 1. The summed E-state index contributed by atoms with van der Waals surface area (Å²) in [4.78, 5) is 27.5. The monoisotopic (exact) mass is 417 g/mol. The van der Waals surface area contributed by atoms with E-state index in [1.165, 1.54) is 19.1 Å². The van der Waals surface area contributed by atoms with E-state index < -0.39 is 27.4 Å². The summed E-state index contributed by atoms with van der Waals surface area (Å²) in [7, 11) is -3.40. The smallest absolute Gasteiger partial charge is 0.355 e. The van der Waals surface area contributed by atoms with Gasteiger partial charge < -0.3 is 9.72 Å². The number of nitrogens with one attached hydrogen (secondary N) is 1. The van der Waals surface area contributed by atoms with Gasteiger partial charge in [-0.1, -0.05) is 24.3 Å². The summed E-state index contributed by atoms with van der Waals surface area (Å²) in [5.74, 6) is -1.94. The van der Waals surface area contributed by atoms with Gasteiger partial charge in [-0.05, 0) is 31.5 Å². The van der Waals surface area contributed by atoms with Crippen molar-refractivity contribution >= 4 is 32.5 Å². The van der Waals surface area contributed by atoms with Crippen LogP contribution in [0.4, 0.5) is 4.39 Å². The minimum Gasteiger partial charge on any atom is -0.461 e. The highest BCUT2D eigenvalue weighted by Gasteiger charge is 2.23. The van der Waals surface area contributed by atoms with Crippen LogP contribution in [0.25, 0.3) is 22.0 Å². The first-order valence-electron chi connectivity index (χ1n) is 8.91. The standard InChI is InChI=1S/C21H20FNO5S/c1-4-28-21(25)20-18(16-7-5-6-15(12(2)24)19(16)23-20)13-8-9-14(17(22)10-13)11-29(3,26)27/h5-10,23H,4,11H2,1-3H3. The maximum Gasteiger partial charge on any atom is 0.355 e. The fraction of sp³-hybridized carbons (Fsp3) is 0.238. The van der Waals surface area contributed by atoms with Gasteiger partial charge in [0.2, 0.25) is 0 Å². The number of hydrogen-bond donors (Lipinski definition) is 1. The third kappa shape index (κ3) is 4.22. The molecule has 0 spiro atoms. The van der Waals surface area contributed by atoms with Gasteiger partial charge in [-0.2, -0.15) is 0 Å². The number of Topliss-reactive ketones (excluding diaryl/α,β-unsaturated/α-hetero) is 1. The Kier molecular flexibility index (Phi) is 5.57. The maximum atomic E-state index is 14.6. The van der Waals surface area contributed by atoms with E-state index in [2.05, 4.69) is 4.98 Å². The molecule has 0 bridgehead atoms. The molecule has 3 rings (SSSR count). The van der Waals surface area contributed by atoms with E-state index in [9.17, 15) is 22.4 Å². The van der Waals surface area contributed by atoms with Crippen molar-refractivity contribution in [2.75, 3.05) is 12.9 Å². The third-order valence-electron chi connectivity index (χ3n) is 4.45. The normalized spacial score (nSPS) is 11.6. The molecule has 0 aliphatic heterocycles. The summed E-state index contributed by atoms with van der Waals surface area (Å²) in [6.07, 6.45) is 1.03. The number of aromatic nitrogens is 1. The summed E-state index contributed by atoms with van der Waals surface area (Å²) in [6.45, 7) is 3.23. The van der Waals surface area contributed by atoms with Gasteiger partial charge in [-0.15, -0.1) is 0 Å². The average Bonchev–Trinajstić information content (AvgIpc) is 3.02. The number of carbonyl (C=O) groups excluding carboxylic acids is 2. The Morgan fingerprint density at radius 3 is 2.48 bits per heavy atom. The lowest BCUT2D eigenvalue weighted by Gasteiger charge is -2.08. The molecule has 152 valence electrons. The van der Waals surface area contributed by atoms with Gasteiger partial charge in [0.25, 0.3) is 0 Å². The van der Waals surface area contributed by atoms with Crippen molar-refractivity contribution in [1.82, 2.24) is 4.98 Å². The summed E-state index contributed by atoms with van der Waals surface area (Å²) in [6, 6.07) is 9.16. The molecule has 0 radical (unpaired) electrons. The van der Waals surface area contributed by atoms with E-state index in [0.29, 0.717) is 27.6 Å². The van der Waals surface area contributed by atoms with Gasteiger partial charge in [-0.25, -0.2) is 17.6 Å². The highest BCUT2D eigenvalue weighted by atomic mass is 32.2. The molecule has 1 N–H and O–H groups in total. The third-order valence-corrected chi connectivity index (χ3v) is 5.29. The largest absolute Gasteiger partial charge is 0.461 e. The number of ether oxygens (including phenoxy) is 1. The predicted molar refractivity (Wildman–Crippen MR) is 108 cm³/mol. The number of benzene rings is 2. The highest BCUT2D eigenvalue weighted by molar-refractivity contribution is 7.89. The van der Waals surface area contributed by atoms with Crippen LogP contribution in [-0.4, -0.2) is 38.0 Å². The Morgan fingerprint density at radius 1 is 1.17 bits per heavy atom. The fourth-order valence-electron chi connectivity index (χ4n) is 3.27. The minimum absolute atomic E-state index is 0.0400. The van der Waals surface area contributed by atoms with Crippen molar-refractivity contribution in [1.29, 1.82) is 0 Å². The second-order valence-electron chi connectivity index (χ2n) is 6.76. The van der Waals surface area contributed by atoms with Crippen LogP contribution in [0.3, 0.4) is 0 Å². The molecule has 1 heterocycles. The second-order valence-corrected chi connectivity index (χ2v) is 8.90. The molecule has 0 atom stereocenters. The van der Waals surface area contributed by atoms with Crippen LogP contribution >= 0.6 is 0 Å². The Balaban J connectivity index is 2.26. The molecule has 8 heteroatoms. The van der Waals surface area contributed by atoms with Gasteiger partial charge in [0.1, 0.15) is 11.5 Å². The van der Waals surface area contributed by atoms with Crippen molar-refractivity contribution in [2.24, 2.45) is 0 Å². The number of H-pyrrole nitrogens is 1. The number of rotatable bonds is 6. The van der Waals surface area contributed by atoms with Crippen molar-refractivity contribution in [3.8, 4) is 11.1 Å². The Morgan fingerprint density at radius 2 is 1.90 bits per heavy atom. The van der Waals surface area contributed by atoms with E-state index in [-0.39, 0.29) is 23.6 Å². The summed E-state index contributed by atoms with van der Waals surface area (Å²) < 4.78 is 42.7. The zero-order valence-electron chi connectivity index (χ0n) is 16.2. The van der Waals surface area contributed by atoms with Crippen LogP contribution < -0.4 is 0 Å². The predicted octanol–water partition coefficient (Wildman–Crippen LogP) is 3.90. The number of halogens is 1. The van der Waals surface area contributed by atoms with Crippen LogP contribution in [0.5, 0.6) is 0 Å². The van der Waals surface area contributed by atoms with Crippen molar-refractivity contribution in [3.05, 3.63) is 59.0 Å². The highest BCUT2D eigenvalue weighted by Crippen LogP contribution is 2.35. The maximum absolute atomic E-state index is 14.6. The first-order chi connectivity index (χ1) is 13.6. The molecule has 0 fully saturated rings. The molecular formula is C21H20FNO5S. The van der Waals surface area contributed by atoms with Gasteiger partial charge in [0, 0.05) is 28.3 Å². The van der Waals surface area contributed by atoms with Crippen LogP contribution in [0, 0.1) is 5.82 Å². The van der Waals surface area contributed by atoms with E-state index >= 15 is 0 Å². The number of ketones is 1. The summed E-state index contributed by atoms with van der Waals surface area (Å²) in [5, 5.41) is 0.566. The number of aromatic amines is 1. The molecule has 3 aromatic rings. The lowest BCUT2D eigenvalue weighted by Crippen LogP contribution is -2.07. The van der Waals surface area contributed by atoms with Crippen molar-refractivity contribution < 1.29 is 27.1 Å². The molecule has 2 aromatic carbocycles. The lowest BCUT2D eigenvalue weighted by molar-refractivity contribution is 0.0521. The van der Waals surface area contributed by atoms with E-state index in [4.69, 9.17) is 4.74 Å². The topological polar surface area (TPSA) is 93.3 Å². The van der Waals surface area contributed by atoms with Crippen molar-refractivity contribution in [3.63, 3.8) is 0 Å². The van der Waals surface area contributed by atoms with E-state index in [1.54, 1.807) is 31.2 Å². The zero-order valence-corrected chi connectivity index (χ0v) is 17.0.